The summed E-state index contributed by atoms with van der Waals surface area (Å²) in [7, 11) is 0. The Balaban J connectivity index is 1.57. The number of rotatable bonds is 5. The molecule has 1 aliphatic rings. The number of hydrogen-bond acceptors (Lipinski definition) is 3. The van der Waals surface area contributed by atoms with E-state index in [-0.39, 0.29) is 17.2 Å². The fourth-order valence-electron chi connectivity index (χ4n) is 3.46. The van der Waals surface area contributed by atoms with Crippen LogP contribution in [0.15, 0.2) is 88.6 Å². The molecule has 1 aliphatic carbocycles. The number of hydrazone groups is 1. The molecule has 1 heterocycles. The van der Waals surface area contributed by atoms with Gasteiger partial charge in [-0.15, -0.1) is 0 Å². The summed E-state index contributed by atoms with van der Waals surface area (Å²) in [5.41, 5.74) is 4.70. The molecule has 3 aromatic rings. The Bertz CT molecular complexity index is 831. The van der Waals surface area contributed by atoms with Gasteiger partial charge in [0.05, 0.1) is 18.4 Å². The lowest BCUT2D eigenvalue weighted by molar-refractivity contribution is -0.122. The molecule has 0 saturated heterocycles. The summed E-state index contributed by atoms with van der Waals surface area (Å²) in [5, 5.41) is 4.01. The van der Waals surface area contributed by atoms with Crippen molar-refractivity contribution in [2.75, 3.05) is 0 Å². The van der Waals surface area contributed by atoms with Gasteiger partial charge in [0.15, 0.2) is 0 Å². The van der Waals surface area contributed by atoms with E-state index in [1.165, 1.54) is 6.21 Å². The third-order valence-electron chi connectivity index (χ3n) is 4.76. The van der Waals surface area contributed by atoms with Crippen LogP contribution in [0.25, 0.3) is 0 Å². The molecule has 1 atom stereocenters. The topological polar surface area (TPSA) is 54.6 Å². The maximum absolute atomic E-state index is 12.6. The number of benzene rings is 2. The SMILES string of the molecule is O=C(N/N=C\c1ccco1)[C@@H]1CC1(c1ccccc1)c1ccccc1. The van der Waals surface area contributed by atoms with Crippen molar-refractivity contribution in [3.8, 4) is 0 Å². The van der Waals surface area contributed by atoms with Crippen LogP contribution in [0.2, 0.25) is 0 Å². The molecule has 4 rings (SSSR count). The highest BCUT2D eigenvalue weighted by Gasteiger charge is 2.60. The molecule has 4 nitrogen and oxygen atoms in total. The zero-order valence-electron chi connectivity index (χ0n) is 13.6. The number of carbonyl (C=O) groups is 1. The number of nitrogens with zero attached hydrogens (tertiary/aromatic N) is 1. The van der Waals surface area contributed by atoms with Crippen LogP contribution in [0.5, 0.6) is 0 Å². The van der Waals surface area contributed by atoms with E-state index < -0.39 is 0 Å². The molecule has 124 valence electrons. The normalized spacial score (nSPS) is 18.2. The summed E-state index contributed by atoms with van der Waals surface area (Å²) in [6.07, 6.45) is 3.86. The van der Waals surface area contributed by atoms with E-state index >= 15 is 0 Å². The number of hydrogen-bond donors (Lipinski definition) is 1. The van der Waals surface area contributed by atoms with Gasteiger partial charge in [0, 0.05) is 5.41 Å². The Hall–Kier alpha value is -3.14. The zero-order valence-corrected chi connectivity index (χ0v) is 13.6. The molecule has 0 aliphatic heterocycles. The van der Waals surface area contributed by atoms with Crippen molar-refractivity contribution in [3.63, 3.8) is 0 Å². The first-order chi connectivity index (χ1) is 12.3. The highest BCUT2D eigenvalue weighted by molar-refractivity contribution is 5.87. The fourth-order valence-corrected chi connectivity index (χ4v) is 3.46. The van der Waals surface area contributed by atoms with Crippen molar-refractivity contribution in [1.82, 2.24) is 5.43 Å². The van der Waals surface area contributed by atoms with Crippen molar-refractivity contribution in [3.05, 3.63) is 95.9 Å². The lowest BCUT2D eigenvalue weighted by Gasteiger charge is -2.18. The van der Waals surface area contributed by atoms with Crippen LogP contribution >= 0.6 is 0 Å². The van der Waals surface area contributed by atoms with Gasteiger partial charge in [0.1, 0.15) is 5.76 Å². The Labute approximate surface area is 146 Å². The molecule has 0 spiro atoms. The maximum atomic E-state index is 12.6. The molecule has 25 heavy (non-hydrogen) atoms. The van der Waals surface area contributed by atoms with Crippen LogP contribution in [0.3, 0.4) is 0 Å². The molecule has 1 aromatic heterocycles. The smallest absolute Gasteiger partial charge is 0.244 e. The lowest BCUT2D eigenvalue weighted by atomic mass is 9.85. The Morgan fingerprint density at radius 2 is 1.64 bits per heavy atom. The Morgan fingerprint density at radius 3 is 2.20 bits per heavy atom. The van der Waals surface area contributed by atoms with Gasteiger partial charge in [-0.3, -0.25) is 4.79 Å². The quantitative estimate of drug-likeness (QED) is 0.572. The van der Waals surface area contributed by atoms with Gasteiger partial charge in [-0.05, 0) is 29.7 Å². The number of nitrogens with one attached hydrogen (secondary N) is 1. The van der Waals surface area contributed by atoms with Crippen molar-refractivity contribution < 1.29 is 9.21 Å². The van der Waals surface area contributed by atoms with E-state index in [4.69, 9.17) is 4.42 Å². The molecule has 1 N–H and O–H groups in total. The largest absolute Gasteiger partial charge is 0.463 e. The monoisotopic (exact) mass is 330 g/mol. The van der Waals surface area contributed by atoms with E-state index in [2.05, 4.69) is 34.8 Å². The average molecular weight is 330 g/mol. The van der Waals surface area contributed by atoms with Crippen LogP contribution < -0.4 is 5.43 Å². The molecular formula is C21H18N2O2. The maximum Gasteiger partial charge on any atom is 0.244 e. The second kappa shape index (κ2) is 6.40. The van der Waals surface area contributed by atoms with Crippen LogP contribution in [0, 0.1) is 5.92 Å². The molecule has 0 radical (unpaired) electrons. The van der Waals surface area contributed by atoms with Gasteiger partial charge in [-0.2, -0.15) is 5.10 Å². The van der Waals surface area contributed by atoms with Crippen molar-refractivity contribution in [2.24, 2.45) is 11.0 Å². The molecule has 4 heteroatoms. The van der Waals surface area contributed by atoms with E-state index in [0.29, 0.717) is 5.76 Å². The number of amides is 1. The number of furan rings is 1. The molecular weight excluding hydrogens is 312 g/mol. The first-order valence-corrected chi connectivity index (χ1v) is 8.28. The summed E-state index contributed by atoms with van der Waals surface area (Å²) < 4.78 is 5.17. The van der Waals surface area contributed by atoms with Crippen LogP contribution in [0.4, 0.5) is 0 Å². The number of carbonyl (C=O) groups excluding carboxylic acids is 1. The Morgan fingerprint density at radius 1 is 1.00 bits per heavy atom. The van der Waals surface area contributed by atoms with Gasteiger partial charge in [0.25, 0.3) is 0 Å². The van der Waals surface area contributed by atoms with E-state index in [9.17, 15) is 4.79 Å². The van der Waals surface area contributed by atoms with Crippen molar-refractivity contribution in [1.29, 1.82) is 0 Å². The predicted octanol–water partition coefficient (Wildman–Crippen LogP) is 3.74. The average Bonchev–Trinajstić information content (AvgIpc) is 3.23. The Kier molecular flexibility index (Phi) is 3.94. The molecule has 0 unspecified atom stereocenters. The lowest BCUT2D eigenvalue weighted by Crippen LogP contribution is -2.25. The van der Waals surface area contributed by atoms with Crippen molar-refractivity contribution >= 4 is 12.1 Å². The van der Waals surface area contributed by atoms with E-state index in [1.54, 1.807) is 18.4 Å². The van der Waals surface area contributed by atoms with Crippen LogP contribution in [0.1, 0.15) is 23.3 Å². The second-order valence-electron chi connectivity index (χ2n) is 6.21. The summed E-state index contributed by atoms with van der Waals surface area (Å²) in [6, 6.07) is 24.0. The summed E-state index contributed by atoms with van der Waals surface area (Å²) in [5.74, 6) is 0.398. The molecule has 1 saturated carbocycles. The third-order valence-corrected chi connectivity index (χ3v) is 4.76. The van der Waals surface area contributed by atoms with Gasteiger partial charge in [-0.25, -0.2) is 5.43 Å². The fraction of sp³-hybridized carbons (Fsp3) is 0.143. The van der Waals surface area contributed by atoms with Gasteiger partial charge >= 0.3 is 0 Å². The highest BCUT2D eigenvalue weighted by atomic mass is 16.3. The van der Waals surface area contributed by atoms with Crippen LogP contribution in [-0.4, -0.2) is 12.1 Å². The summed E-state index contributed by atoms with van der Waals surface area (Å²) in [6.45, 7) is 0. The van der Waals surface area contributed by atoms with Gasteiger partial charge in [0.2, 0.25) is 5.91 Å². The van der Waals surface area contributed by atoms with Gasteiger partial charge in [-0.1, -0.05) is 60.7 Å². The molecule has 1 fully saturated rings. The second-order valence-corrected chi connectivity index (χ2v) is 6.21. The van der Waals surface area contributed by atoms with Crippen molar-refractivity contribution in [2.45, 2.75) is 11.8 Å². The minimum atomic E-state index is -0.271. The van der Waals surface area contributed by atoms with E-state index in [1.807, 2.05) is 36.4 Å². The highest BCUT2D eigenvalue weighted by Crippen LogP contribution is 2.58. The standard InChI is InChI=1S/C21H18N2O2/c24-20(23-22-15-18-12-7-13-25-18)19-14-21(19,16-8-3-1-4-9-16)17-10-5-2-6-11-17/h1-13,15,19H,14H2,(H,23,24)/b22-15-/t19-/m0/s1. The molecule has 0 bridgehead atoms. The molecule has 1 amide bonds. The minimum Gasteiger partial charge on any atom is -0.463 e. The third kappa shape index (κ3) is 2.87. The molecule has 2 aromatic carbocycles. The zero-order chi connectivity index (χ0) is 17.1. The van der Waals surface area contributed by atoms with Gasteiger partial charge < -0.3 is 4.42 Å². The first kappa shape index (κ1) is 15.4. The van der Waals surface area contributed by atoms with E-state index in [0.717, 1.165) is 17.5 Å². The van der Waals surface area contributed by atoms with Crippen LogP contribution in [-0.2, 0) is 10.2 Å². The predicted molar refractivity (Wildman–Crippen MR) is 96.2 cm³/mol. The summed E-state index contributed by atoms with van der Waals surface area (Å²) in [4.78, 5) is 12.6. The minimum absolute atomic E-state index is 0.0736. The summed E-state index contributed by atoms with van der Waals surface area (Å²) >= 11 is 0. The first-order valence-electron chi connectivity index (χ1n) is 8.28.